The van der Waals surface area contributed by atoms with Crippen molar-refractivity contribution >= 4 is 11.8 Å². The quantitative estimate of drug-likeness (QED) is 0.458. The molecule has 0 bridgehead atoms. The van der Waals surface area contributed by atoms with Crippen molar-refractivity contribution in [2.45, 2.75) is 45.2 Å². The van der Waals surface area contributed by atoms with Gasteiger partial charge in [0.2, 0.25) is 11.8 Å². The van der Waals surface area contributed by atoms with Crippen LogP contribution >= 0.6 is 0 Å². The maximum Gasteiger partial charge on any atom is 0.242 e. The molecule has 0 saturated heterocycles. The molecule has 0 radical (unpaired) electrons. The average molecular weight is 449 g/mol. The smallest absolute Gasteiger partial charge is 0.242 e. The first-order chi connectivity index (χ1) is 16.0. The summed E-state index contributed by atoms with van der Waals surface area (Å²) in [5, 5.41) is 0. The minimum Gasteiger partial charge on any atom is -0.464 e. The molecule has 3 aromatic rings. The van der Waals surface area contributed by atoms with Gasteiger partial charge in [-0.3, -0.25) is 9.59 Å². The molecule has 0 spiro atoms. The second-order valence-corrected chi connectivity index (χ2v) is 8.62. The molecule has 0 N–H and O–H groups in total. The fraction of sp³-hybridized carbons (Fsp3) is 0.333. The SMILES string of the molecule is Cc1ccc(CN(CCc2ccccc2)C(=O)CN(C(=O)Cc2ccc(F)cc2)C2CC2)o1. The van der Waals surface area contributed by atoms with Gasteiger partial charge in [0, 0.05) is 12.6 Å². The molecule has 0 unspecified atom stereocenters. The monoisotopic (exact) mass is 448 g/mol. The molecular weight excluding hydrogens is 419 g/mol. The number of halogens is 1. The minimum absolute atomic E-state index is 0.0408. The van der Waals surface area contributed by atoms with Gasteiger partial charge in [-0.2, -0.15) is 0 Å². The van der Waals surface area contributed by atoms with Crippen LogP contribution in [0, 0.1) is 12.7 Å². The summed E-state index contributed by atoms with van der Waals surface area (Å²) in [5.74, 6) is 0.996. The Morgan fingerprint density at radius 2 is 1.67 bits per heavy atom. The highest BCUT2D eigenvalue weighted by molar-refractivity contribution is 5.86. The molecule has 1 heterocycles. The molecule has 4 rings (SSSR count). The summed E-state index contributed by atoms with van der Waals surface area (Å²) in [7, 11) is 0. The summed E-state index contributed by atoms with van der Waals surface area (Å²) in [6.07, 6.45) is 2.69. The Morgan fingerprint density at radius 1 is 0.939 bits per heavy atom. The van der Waals surface area contributed by atoms with E-state index in [1.54, 1.807) is 21.9 Å². The van der Waals surface area contributed by atoms with Crippen LogP contribution in [0.3, 0.4) is 0 Å². The van der Waals surface area contributed by atoms with Gasteiger partial charge in [-0.05, 0) is 61.6 Å². The van der Waals surface area contributed by atoms with E-state index in [0.29, 0.717) is 13.1 Å². The number of nitrogens with zero attached hydrogens (tertiary/aromatic N) is 2. The molecule has 2 amide bonds. The molecule has 1 aromatic heterocycles. The standard InChI is InChI=1S/C27H29FN2O3/c1-20-7-14-25(33-20)18-29(16-15-21-5-3-2-4-6-21)27(32)19-30(24-12-13-24)26(31)17-22-8-10-23(28)11-9-22/h2-11,14,24H,12-13,15-19H2,1H3. The second-order valence-electron chi connectivity index (χ2n) is 8.62. The first-order valence-electron chi connectivity index (χ1n) is 11.4. The van der Waals surface area contributed by atoms with E-state index in [1.165, 1.54) is 12.1 Å². The third kappa shape index (κ3) is 6.54. The number of amides is 2. The molecule has 0 aliphatic heterocycles. The highest BCUT2D eigenvalue weighted by Crippen LogP contribution is 2.27. The lowest BCUT2D eigenvalue weighted by molar-refractivity contribution is -0.141. The van der Waals surface area contributed by atoms with Crippen LogP contribution in [0.4, 0.5) is 4.39 Å². The zero-order valence-corrected chi connectivity index (χ0v) is 18.9. The van der Waals surface area contributed by atoms with E-state index in [1.807, 2.05) is 49.4 Å². The molecular formula is C27H29FN2O3. The van der Waals surface area contributed by atoms with Gasteiger partial charge in [0.05, 0.1) is 13.0 Å². The fourth-order valence-electron chi connectivity index (χ4n) is 3.89. The molecule has 1 aliphatic rings. The predicted molar refractivity (Wildman–Crippen MR) is 124 cm³/mol. The zero-order chi connectivity index (χ0) is 23.2. The van der Waals surface area contributed by atoms with Crippen molar-refractivity contribution in [3.63, 3.8) is 0 Å². The van der Waals surface area contributed by atoms with Crippen LogP contribution in [0.2, 0.25) is 0 Å². The van der Waals surface area contributed by atoms with Gasteiger partial charge in [-0.15, -0.1) is 0 Å². The first-order valence-corrected chi connectivity index (χ1v) is 11.4. The van der Waals surface area contributed by atoms with E-state index in [0.717, 1.165) is 41.9 Å². The summed E-state index contributed by atoms with van der Waals surface area (Å²) < 4.78 is 18.9. The molecule has 0 atom stereocenters. The number of furan rings is 1. The minimum atomic E-state index is -0.331. The number of carbonyl (C=O) groups excluding carboxylic acids is 2. The molecule has 33 heavy (non-hydrogen) atoms. The number of carbonyl (C=O) groups is 2. The number of hydrogen-bond donors (Lipinski definition) is 0. The summed E-state index contributed by atoms with van der Waals surface area (Å²) in [6, 6.07) is 19.8. The van der Waals surface area contributed by atoms with Gasteiger partial charge in [0.1, 0.15) is 23.9 Å². The Labute approximate surface area is 193 Å². The fourth-order valence-corrected chi connectivity index (χ4v) is 3.89. The number of rotatable bonds is 10. The number of aryl methyl sites for hydroxylation is 1. The Hall–Kier alpha value is -3.41. The zero-order valence-electron chi connectivity index (χ0n) is 18.9. The van der Waals surface area contributed by atoms with Crippen molar-refractivity contribution in [2.24, 2.45) is 0 Å². The van der Waals surface area contributed by atoms with Gasteiger partial charge in [-0.1, -0.05) is 42.5 Å². The van der Waals surface area contributed by atoms with Crippen LogP contribution in [-0.2, 0) is 29.0 Å². The molecule has 5 nitrogen and oxygen atoms in total. The lowest BCUT2D eigenvalue weighted by Crippen LogP contribution is -2.44. The average Bonchev–Trinajstić information content (AvgIpc) is 3.57. The van der Waals surface area contributed by atoms with E-state index in [9.17, 15) is 14.0 Å². The van der Waals surface area contributed by atoms with E-state index in [2.05, 4.69) is 0 Å². The van der Waals surface area contributed by atoms with Gasteiger partial charge >= 0.3 is 0 Å². The molecule has 1 saturated carbocycles. The third-order valence-electron chi connectivity index (χ3n) is 5.89. The Balaban J connectivity index is 1.44. The largest absolute Gasteiger partial charge is 0.464 e. The van der Waals surface area contributed by atoms with Crippen molar-refractivity contribution in [3.8, 4) is 0 Å². The van der Waals surface area contributed by atoms with Crippen LogP contribution in [0.5, 0.6) is 0 Å². The van der Waals surface area contributed by atoms with Gasteiger partial charge in [-0.25, -0.2) is 4.39 Å². The van der Waals surface area contributed by atoms with Crippen molar-refractivity contribution in [1.82, 2.24) is 9.80 Å². The topological polar surface area (TPSA) is 53.8 Å². The van der Waals surface area contributed by atoms with E-state index >= 15 is 0 Å². The summed E-state index contributed by atoms with van der Waals surface area (Å²) in [5.41, 5.74) is 1.89. The van der Waals surface area contributed by atoms with Crippen LogP contribution in [0.25, 0.3) is 0 Å². The summed E-state index contributed by atoms with van der Waals surface area (Å²) in [6.45, 7) is 2.82. The lowest BCUT2D eigenvalue weighted by atomic mass is 10.1. The normalized spacial score (nSPS) is 13.0. The summed E-state index contributed by atoms with van der Waals surface area (Å²) in [4.78, 5) is 29.8. The Kier molecular flexibility index (Phi) is 7.23. The van der Waals surface area contributed by atoms with Crippen LogP contribution in [0.1, 0.15) is 35.5 Å². The van der Waals surface area contributed by atoms with E-state index in [4.69, 9.17) is 4.42 Å². The third-order valence-corrected chi connectivity index (χ3v) is 5.89. The van der Waals surface area contributed by atoms with E-state index < -0.39 is 0 Å². The molecule has 6 heteroatoms. The first kappa shape index (κ1) is 22.8. The van der Waals surface area contributed by atoms with Crippen LogP contribution < -0.4 is 0 Å². The maximum absolute atomic E-state index is 13.4. The Bertz CT molecular complexity index is 1070. The molecule has 1 fully saturated rings. The van der Waals surface area contributed by atoms with Crippen molar-refractivity contribution in [1.29, 1.82) is 0 Å². The van der Waals surface area contributed by atoms with Gasteiger partial charge in [0.15, 0.2) is 0 Å². The Morgan fingerprint density at radius 3 is 2.30 bits per heavy atom. The number of benzene rings is 2. The molecule has 2 aromatic carbocycles. The van der Waals surface area contributed by atoms with Crippen molar-refractivity contribution < 1.29 is 18.4 Å². The lowest BCUT2D eigenvalue weighted by Gasteiger charge is -2.27. The number of hydrogen-bond acceptors (Lipinski definition) is 3. The highest BCUT2D eigenvalue weighted by Gasteiger charge is 2.34. The van der Waals surface area contributed by atoms with Crippen molar-refractivity contribution in [3.05, 3.63) is 95.2 Å². The summed E-state index contributed by atoms with van der Waals surface area (Å²) >= 11 is 0. The molecule has 1 aliphatic carbocycles. The van der Waals surface area contributed by atoms with E-state index in [-0.39, 0.29) is 36.6 Å². The second kappa shape index (κ2) is 10.5. The van der Waals surface area contributed by atoms with Gasteiger partial charge in [0.25, 0.3) is 0 Å². The van der Waals surface area contributed by atoms with Gasteiger partial charge < -0.3 is 14.2 Å². The maximum atomic E-state index is 13.4. The van der Waals surface area contributed by atoms with Crippen LogP contribution in [-0.4, -0.2) is 40.7 Å². The molecule has 172 valence electrons. The predicted octanol–water partition coefficient (Wildman–Crippen LogP) is 4.53. The van der Waals surface area contributed by atoms with Crippen LogP contribution in [0.15, 0.2) is 71.1 Å². The highest BCUT2D eigenvalue weighted by atomic mass is 19.1. The van der Waals surface area contributed by atoms with Crippen molar-refractivity contribution in [2.75, 3.05) is 13.1 Å².